The molecule has 3 rings (SSSR count). The van der Waals surface area contributed by atoms with E-state index in [9.17, 15) is 9.59 Å². The summed E-state index contributed by atoms with van der Waals surface area (Å²) in [6, 6.07) is 26.4. The standard InChI is InChI=1S/C22H20N2O3/c25-21(27-16-17-7-3-1-4-8-17)15-23-22(26)24-20-13-11-19(12-14-20)18-9-5-2-6-10-18/h1-14H,15-16H2,(H2,23,24,26). The predicted molar refractivity (Wildman–Crippen MR) is 105 cm³/mol. The molecule has 0 aliphatic carbocycles. The van der Waals surface area contributed by atoms with E-state index in [0.717, 1.165) is 16.7 Å². The smallest absolute Gasteiger partial charge is 0.325 e. The zero-order chi connectivity index (χ0) is 18.9. The molecule has 0 fully saturated rings. The molecule has 0 spiro atoms. The molecule has 27 heavy (non-hydrogen) atoms. The molecule has 2 amide bonds. The third-order valence-electron chi connectivity index (χ3n) is 3.89. The number of rotatable bonds is 6. The van der Waals surface area contributed by atoms with Gasteiger partial charge in [0.25, 0.3) is 0 Å². The minimum absolute atomic E-state index is 0.184. The maximum atomic E-state index is 11.9. The monoisotopic (exact) mass is 360 g/mol. The van der Waals surface area contributed by atoms with E-state index in [1.807, 2.05) is 84.9 Å². The molecule has 0 saturated carbocycles. The number of nitrogens with one attached hydrogen (secondary N) is 2. The summed E-state index contributed by atoms with van der Waals surface area (Å²) in [7, 11) is 0. The number of hydrogen-bond acceptors (Lipinski definition) is 3. The average Bonchev–Trinajstić information content (AvgIpc) is 2.73. The quantitative estimate of drug-likeness (QED) is 0.647. The van der Waals surface area contributed by atoms with Gasteiger partial charge in [0.2, 0.25) is 0 Å². The highest BCUT2D eigenvalue weighted by molar-refractivity contribution is 5.91. The van der Waals surface area contributed by atoms with E-state index < -0.39 is 12.0 Å². The number of carbonyl (C=O) groups is 2. The number of benzene rings is 3. The molecule has 0 aliphatic rings. The highest BCUT2D eigenvalue weighted by Crippen LogP contribution is 2.20. The maximum absolute atomic E-state index is 11.9. The summed E-state index contributed by atoms with van der Waals surface area (Å²) in [6.07, 6.45) is 0. The van der Waals surface area contributed by atoms with Gasteiger partial charge in [0.15, 0.2) is 0 Å². The Morgan fingerprint density at radius 1 is 0.741 bits per heavy atom. The molecule has 0 aromatic heterocycles. The summed E-state index contributed by atoms with van der Waals surface area (Å²) in [6.45, 7) is -0.00924. The molecule has 5 heteroatoms. The topological polar surface area (TPSA) is 67.4 Å². The second-order valence-electron chi connectivity index (χ2n) is 5.90. The van der Waals surface area contributed by atoms with Crippen LogP contribution in [-0.4, -0.2) is 18.5 Å². The van der Waals surface area contributed by atoms with Gasteiger partial charge in [-0.25, -0.2) is 4.79 Å². The van der Waals surface area contributed by atoms with Crippen molar-refractivity contribution in [3.8, 4) is 11.1 Å². The summed E-state index contributed by atoms with van der Waals surface area (Å²) in [5.74, 6) is -0.492. The van der Waals surface area contributed by atoms with E-state index in [1.54, 1.807) is 0 Å². The molecule has 0 aliphatic heterocycles. The van der Waals surface area contributed by atoms with Crippen molar-refractivity contribution in [2.45, 2.75) is 6.61 Å². The van der Waals surface area contributed by atoms with Crippen molar-refractivity contribution in [3.05, 3.63) is 90.5 Å². The van der Waals surface area contributed by atoms with Crippen molar-refractivity contribution in [3.63, 3.8) is 0 Å². The van der Waals surface area contributed by atoms with Crippen LogP contribution in [0.3, 0.4) is 0 Å². The van der Waals surface area contributed by atoms with Crippen molar-refractivity contribution >= 4 is 17.7 Å². The molecule has 0 unspecified atom stereocenters. The summed E-state index contributed by atoms with van der Waals surface area (Å²) in [4.78, 5) is 23.6. The first-order valence-electron chi connectivity index (χ1n) is 8.60. The molecule has 0 bridgehead atoms. The third kappa shape index (κ3) is 5.71. The average molecular weight is 360 g/mol. The Morgan fingerprint density at radius 3 is 2.00 bits per heavy atom. The highest BCUT2D eigenvalue weighted by Gasteiger charge is 2.07. The number of urea groups is 1. The van der Waals surface area contributed by atoms with E-state index in [2.05, 4.69) is 10.6 Å². The Bertz CT molecular complexity index is 878. The van der Waals surface area contributed by atoms with Crippen LogP contribution >= 0.6 is 0 Å². The fourth-order valence-corrected chi connectivity index (χ4v) is 2.49. The molecule has 0 radical (unpaired) electrons. The lowest BCUT2D eigenvalue weighted by atomic mass is 10.1. The molecule has 3 aromatic rings. The molecule has 136 valence electrons. The second kappa shape index (κ2) is 9.20. The first-order chi connectivity index (χ1) is 13.2. The number of carbonyl (C=O) groups excluding carboxylic acids is 2. The van der Waals surface area contributed by atoms with Gasteiger partial charge in [-0.2, -0.15) is 0 Å². The van der Waals surface area contributed by atoms with Crippen LogP contribution in [0.5, 0.6) is 0 Å². The number of hydrogen-bond donors (Lipinski definition) is 2. The Morgan fingerprint density at radius 2 is 1.33 bits per heavy atom. The van der Waals surface area contributed by atoms with Crippen molar-refractivity contribution < 1.29 is 14.3 Å². The molecule has 0 atom stereocenters. The van der Waals surface area contributed by atoms with Crippen LogP contribution in [0, 0.1) is 0 Å². The van der Waals surface area contributed by atoms with Crippen LogP contribution in [0.15, 0.2) is 84.9 Å². The zero-order valence-electron chi connectivity index (χ0n) is 14.7. The van der Waals surface area contributed by atoms with Gasteiger partial charge < -0.3 is 15.4 Å². The number of anilines is 1. The van der Waals surface area contributed by atoms with Crippen LogP contribution in [0.2, 0.25) is 0 Å². The van der Waals surface area contributed by atoms with E-state index in [1.165, 1.54) is 0 Å². The zero-order valence-corrected chi connectivity index (χ0v) is 14.7. The van der Waals surface area contributed by atoms with Crippen molar-refractivity contribution in [2.75, 3.05) is 11.9 Å². The Labute approximate surface area is 158 Å². The summed E-state index contributed by atoms with van der Waals surface area (Å²) >= 11 is 0. The SMILES string of the molecule is O=C(NCC(=O)OCc1ccccc1)Nc1ccc(-c2ccccc2)cc1. The summed E-state index contributed by atoms with van der Waals surface area (Å²) in [5, 5.41) is 5.18. The van der Waals surface area contributed by atoms with Crippen molar-refractivity contribution in [2.24, 2.45) is 0 Å². The lowest BCUT2D eigenvalue weighted by Gasteiger charge is -2.09. The number of amides is 2. The van der Waals surface area contributed by atoms with Gasteiger partial charge in [-0.15, -0.1) is 0 Å². The van der Waals surface area contributed by atoms with Crippen molar-refractivity contribution in [1.29, 1.82) is 0 Å². The van der Waals surface area contributed by atoms with Crippen LogP contribution < -0.4 is 10.6 Å². The predicted octanol–water partition coefficient (Wildman–Crippen LogP) is 4.22. The first kappa shape index (κ1) is 18.2. The number of esters is 1. The van der Waals surface area contributed by atoms with Crippen molar-refractivity contribution in [1.82, 2.24) is 5.32 Å². The van der Waals surface area contributed by atoms with E-state index in [4.69, 9.17) is 4.74 Å². The number of ether oxygens (including phenoxy) is 1. The van der Waals surface area contributed by atoms with Gasteiger partial charge in [-0.3, -0.25) is 4.79 Å². The normalized spacial score (nSPS) is 10.1. The second-order valence-corrected chi connectivity index (χ2v) is 5.90. The largest absolute Gasteiger partial charge is 0.460 e. The third-order valence-corrected chi connectivity index (χ3v) is 3.89. The van der Waals surface area contributed by atoms with E-state index >= 15 is 0 Å². The molecular weight excluding hydrogens is 340 g/mol. The van der Waals surface area contributed by atoms with Gasteiger partial charge >= 0.3 is 12.0 Å². The van der Waals surface area contributed by atoms with Gasteiger partial charge in [0, 0.05) is 5.69 Å². The minimum Gasteiger partial charge on any atom is -0.460 e. The van der Waals surface area contributed by atoms with Gasteiger partial charge in [0.1, 0.15) is 13.2 Å². The molecule has 2 N–H and O–H groups in total. The van der Waals surface area contributed by atoms with Crippen LogP contribution in [0.4, 0.5) is 10.5 Å². The Kier molecular flexibility index (Phi) is 6.20. The van der Waals surface area contributed by atoms with Gasteiger partial charge in [-0.05, 0) is 28.8 Å². The van der Waals surface area contributed by atoms with Crippen LogP contribution in [0.1, 0.15) is 5.56 Å². The molecule has 0 heterocycles. The Hall–Kier alpha value is -3.60. The molecule has 0 saturated heterocycles. The lowest BCUT2D eigenvalue weighted by molar-refractivity contribution is -0.143. The molecule has 3 aromatic carbocycles. The highest BCUT2D eigenvalue weighted by atomic mass is 16.5. The summed E-state index contributed by atoms with van der Waals surface area (Å²) < 4.78 is 5.11. The first-order valence-corrected chi connectivity index (χ1v) is 8.60. The van der Waals surface area contributed by atoms with Gasteiger partial charge in [-0.1, -0.05) is 72.8 Å². The maximum Gasteiger partial charge on any atom is 0.325 e. The van der Waals surface area contributed by atoms with Gasteiger partial charge in [0.05, 0.1) is 0 Å². The lowest BCUT2D eigenvalue weighted by Crippen LogP contribution is -2.34. The Balaban J connectivity index is 1.43. The fourth-order valence-electron chi connectivity index (χ4n) is 2.49. The van der Waals surface area contributed by atoms with E-state index in [0.29, 0.717) is 5.69 Å². The summed E-state index contributed by atoms with van der Waals surface area (Å²) in [5.41, 5.74) is 3.71. The molecular formula is C22H20N2O3. The minimum atomic E-state index is -0.492. The van der Waals surface area contributed by atoms with E-state index in [-0.39, 0.29) is 13.2 Å². The van der Waals surface area contributed by atoms with Crippen LogP contribution in [-0.2, 0) is 16.1 Å². The van der Waals surface area contributed by atoms with Crippen LogP contribution in [0.25, 0.3) is 11.1 Å². The fraction of sp³-hybridized carbons (Fsp3) is 0.0909. The molecule has 5 nitrogen and oxygen atoms in total.